The number of hydrogen-bond donors (Lipinski definition) is 2. The molecule has 5 heteroatoms. The van der Waals surface area contributed by atoms with Gasteiger partial charge in [0, 0.05) is 5.92 Å². The van der Waals surface area contributed by atoms with E-state index >= 15 is 0 Å². The average molecular weight is 355 g/mol. The van der Waals surface area contributed by atoms with Crippen LogP contribution in [0.4, 0.5) is 0 Å². The maximum absolute atomic E-state index is 12.6. The Morgan fingerprint density at radius 3 is 2.35 bits per heavy atom. The number of amides is 1. The number of carboxylic acids is 1. The van der Waals surface area contributed by atoms with Gasteiger partial charge in [-0.15, -0.1) is 0 Å². The number of rotatable bonds is 8. The molecule has 0 aliphatic rings. The molecule has 138 valence electrons. The third-order valence-electron chi connectivity index (χ3n) is 4.41. The lowest BCUT2D eigenvalue weighted by molar-refractivity contribution is -0.137. The molecule has 0 aromatic heterocycles. The molecule has 0 saturated heterocycles. The second kappa shape index (κ2) is 9.04. The van der Waals surface area contributed by atoms with E-state index < -0.39 is 12.0 Å². The van der Waals surface area contributed by atoms with Crippen LogP contribution in [-0.4, -0.2) is 24.1 Å². The molecule has 0 spiro atoms. The van der Waals surface area contributed by atoms with Gasteiger partial charge in [-0.3, -0.25) is 9.59 Å². The quantitative estimate of drug-likeness (QED) is 0.760. The molecule has 0 radical (unpaired) electrons. The molecule has 2 aromatic carbocycles. The highest BCUT2D eigenvalue weighted by Crippen LogP contribution is 2.22. The molecule has 5 nitrogen and oxygen atoms in total. The van der Waals surface area contributed by atoms with Crippen LogP contribution in [0.25, 0.3) is 0 Å². The predicted octanol–water partition coefficient (Wildman–Crippen LogP) is 3.51. The highest BCUT2D eigenvalue weighted by atomic mass is 16.5. The number of hydrogen-bond acceptors (Lipinski definition) is 3. The van der Waals surface area contributed by atoms with Gasteiger partial charge in [0.05, 0.1) is 19.6 Å². The van der Waals surface area contributed by atoms with Gasteiger partial charge >= 0.3 is 5.97 Å². The third-order valence-corrected chi connectivity index (χ3v) is 4.41. The van der Waals surface area contributed by atoms with Gasteiger partial charge in [-0.1, -0.05) is 43.3 Å². The molecule has 26 heavy (non-hydrogen) atoms. The van der Waals surface area contributed by atoms with Gasteiger partial charge in [-0.2, -0.15) is 0 Å². The van der Waals surface area contributed by atoms with Gasteiger partial charge in [0.25, 0.3) is 0 Å². The van der Waals surface area contributed by atoms with Crippen LogP contribution in [0.1, 0.15) is 36.1 Å². The number of aliphatic carboxylic acids is 1. The van der Waals surface area contributed by atoms with Crippen LogP contribution >= 0.6 is 0 Å². The SMILES string of the molecule is COc1ccc(CC(C)C(=O)NC(CC(=O)O)c2ccccc2C)cc1. The number of nitrogens with one attached hydrogen (secondary N) is 1. The van der Waals surface area contributed by atoms with Crippen molar-refractivity contribution < 1.29 is 19.4 Å². The number of carboxylic acid groups (broad SMARTS) is 1. The molecule has 0 heterocycles. The number of carbonyl (C=O) groups excluding carboxylic acids is 1. The van der Waals surface area contributed by atoms with E-state index in [0.717, 1.165) is 22.4 Å². The Labute approximate surface area is 154 Å². The molecule has 0 saturated carbocycles. The first kappa shape index (κ1) is 19.5. The summed E-state index contributed by atoms with van der Waals surface area (Å²) in [6.07, 6.45) is 0.426. The minimum atomic E-state index is -0.943. The summed E-state index contributed by atoms with van der Waals surface area (Å²) in [5.74, 6) is -0.604. The minimum Gasteiger partial charge on any atom is -0.497 e. The van der Waals surface area contributed by atoms with Crippen molar-refractivity contribution in [3.63, 3.8) is 0 Å². The number of carbonyl (C=O) groups is 2. The van der Waals surface area contributed by atoms with E-state index in [4.69, 9.17) is 4.74 Å². The topological polar surface area (TPSA) is 75.6 Å². The second-order valence-electron chi connectivity index (χ2n) is 6.47. The third kappa shape index (κ3) is 5.34. The monoisotopic (exact) mass is 355 g/mol. The summed E-state index contributed by atoms with van der Waals surface area (Å²) in [6.45, 7) is 3.76. The molecule has 2 rings (SSSR count). The van der Waals surface area contributed by atoms with Crippen LogP contribution in [0, 0.1) is 12.8 Å². The fraction of sp³-hybridized carbons (Fsp3) is 0.333. The number of ether oxygens (including phenoxy) is 1. The molecule has 0 aliphatic heterocycles. The fourth-order valence-electron chi connectivity index (χ4n) is 2.91. The average Bonchev–Trinajstić information content (AvgIpc) is 2.61. The van der Waals surface area contributed by atoms with Crippen molar-refractivity contribution in [1.82, 2.24) is 5.32 Å². The number of benzene rings is 2. The van der Waals surface area contributed by atoms with Crippen molar-refractivity contribution in [3.05, 3.63) is 65.2 Å². The first-order chi connectivity index (χ1) is 12.4. The smallest absolute Gasteiger partial charge is 0.305 e. The van der Waals surface area contributed by atoms with Crippen molar-refractivity contribution >= 4 is 11.9 Å². The van der Waals surface area contributed by atoms with Gasteiger partial charge in [-0.25, -0.2) is 0 Å². The minimum absolute atomic E-state index is 0.147. The molecule has 2 aromatic rings. The van der Waals surface area contributed by atoms with E-state index in [2.05, 4.69) is 5.32 Å². The van der Waals surface area contributed by atoms with Crippen molar-refractivity contribution in [1.29, 1.82) is 0 Å². The van der Waals surface area contributed by atoms with Crippen molar-refractivity contribution in [2.45, 2.75) is 32.7 Å². The van der Waals surface area contributed by atoms with Crippen molar-refractivity contribution in [2.24, 2.45) is 5.92 Å². The molecular weight excluding hydrogens is 330 g/mol. The summed E-state index contributed by atoms with van der Waals surface area (Å²) in [5, 5.41) is 12.1. The van der Waals surface area contributed by atoms with Gasteiger partial charge < -0.3 is 15.2 Å². The maximum atomic E-state index is 12.6. The van der Waals surface area contributed by atoms with Crippen LogP contribution in [0.3, 0.4) is 0 Å². The Balaban J connectivity index is 2.07. The van der Waals surface area contributed by atoms with E-state index in [1.165, 1.54) is 0 Å². The largest absolute Gasteiger partial charge is 0.497 e. The molecule has 0 aliphatic carbocycles. The van der Waals surface area contributed by atoms with Crippen LogP contribution in [0.15, 0.2) is 48.5 Å². The Kier molecular flexibility index (Phi) is 6.78. The lowest BCUT2D eigenvalue weighted by atomic mass is 9.96. The summed E-state index contributed by atoms with van der Waals surface area (Å²) >= 11 is 0. The summed E-state index contributed by atoms with van der Waals surface area (Å²) in [7, 11) is 1.61. The first-order valence-corrected chi connectivity index (χ1v) is 8.61. The van der Waals surface area contributed by atoms with Crippen LogP contribution < -0.4 is 10.1 Å². The molecule has 2 atom stereocenters. The zero-order valence-electron chi connectivity index (χ0n) is 15.4. The Hall–Kier alpha value is -2.82. The van der Waals surface area contributed by atoms with Crippen molar-refractivity contribution in [3.8, 4) is 5.75 Å². The molecule has 2 N–H and O–H groups in total. The van der Waals surface area contributed by atoms with E-state index in [1.54, 1.807) is 7.11 Å². The molecule has 0 bridgehead atoms. The maximum Gasteiger partial charge on any atom is 0.305 e. The Bertz CT molecular complexity index is 755. The summed E-state index contributed by atoms with van der Waals surface area (Å²) in [5.41, 5.74) is 2.82. The van der Waals surface area contributed by atoms with Gasteiger partial charge in [0.15, 0.2) is 0 Å². The highest BCUT2D eigenvalue weighted by Gasteiger charge is 2.22. The summed E-state index contributed by atoms with van der Waals surface area (Å²) < 4.78 is 5.14. The fourth-order valence-corrected chi connectivity index (χ4v) is 2.91. The predicted molar refractivity (Wildman–Crippen MR) is 100 cm³/mol. The van der Waals surface area contributed by atoms with Gasteiger partial charge in [-0.05, 0) is 42.2 Å². The van der Waals surface area contributed by atoms with E-state index in [1.807, 2.05) is 62.4 Å². The lowest BCUT2D eigenvalue weighted by Crippen LogP contribution is -2.35. The van der Waals surface area contributed by atoms with E-state index in [0.29, 0.717) is 6.42 Å². The standard InChI is InChI=1S/C21H25NO4/c1-14-6-4-5-7-18(14)19(13-20(23)24)22-21(25)15(2)12-16-8-10-17(26-3)11-9-16/h4-11,15,19H,12-13H2,1-3H3,(H,22,25)(H,23,24). The molecule has 1 amide bonds. The normalized spacial score (nSPS) is 12.9. The zero-order valence-corrected chi connectivity index (χ0v) is 15.4. The van der Waals surface area contributed by atoms with Crippen molar-refractivity contribution in [2.75, 3.05) is 7.11 Å². The second-order valence-corrected chi connectivity index (χ2v) is 6.47. The highest BCUT2D eigenvalue weighted by molar-refractivity contribution is 5.80. The van der Waals surface area contributed by atoms with Gasteiger partial charge in [0.1, 0.15) is 5.75 Å². The van der Waals surface area contributed by atoms with Crippen LogP contribution in [0.5, 0.6) is 5.75 Å². The van der Waals surface area contributed by atoms with E-state index in [-0.39, 0.29) is 18.2 Å². The Morgan fingerprint density at radius 1 is 1.12 bits per heavy atom. The summed E-state index contributed by atoms with van der Waals surface area (Å²) in [6, 6.07) is 14.6. The summed E-state index contributed by atoms with van der Waals surface area (Å²) in [4.78, 5) is 23.9. The van der Waals surface area contributed by atoms with Crippen LogP contribution in [-0.2, 0) is 16.0 Å². The number of aryl methyl sites for hydroxylation is 1. The van der Waals surface area contributed by atoms with Gasteiger partial charge in [0.2, 0.25) is 5.91 Å². The molecule has 2 unspecified atom stereocenters. The molecule has 0 fully saturated rings. The first-order valence-electron chi connectivity index (χ1n) is 8.61. The number of methoxy groups -OCH3 is 1. The zero-order chi connectivity index (χ0) is 19.1. The lowest BCUT2D eigenvalue weighted by Gasteiger charge is -2.22. The van der Waals surface area contributed by atoms with Crippen LogP contribution in [0.2, 0.25) is 0 Å². The van der Waals surface area contributed by atoms with E-state index in [9.17, 15) is 14.7 Å². The molecular formula is C21H25NO4. The Morgan fingerprint density at radius 2 is 1.77 bits per heavy atom.